The van der Waals surface area contributed by atoms with Gasteiger partial charge >= 0.3 is 0 Å². The highest BCUT2D eigenvalue weighted by Gasteiger charge is 2.04. The van der Waals surface area contributed by atoms with Crippen molar-refractivity contribution in [3.63, 3.8) is 0 Å². The molecule has 5 heteroatoms. The monoisotopic (exact) mass is 239 g/mol. The lowest BCUT2D eigenvalue weighted by Crippen LogP contribution is -2.18. The Bertz CT molecular complexity index is 401. The van der Waals surface area contributed by atoms with Gasteiger partial charge in [-0.25, -0.2) is 4.39 Å². The highest BCUT2D eigenvalue weighted by atomic mass is 19.1. The fourth-order valence-corrected chi connectivity index (χ4v) is 1.17. The molecule has 1 N–H and O–H groups in total. The van der Waals surface area contributed by atoms with Crippen molar-refractivity contribution in [2.24, 2.45) is 0 Å². The lowest BCUT2D eigenvalue weighted by Gasteiger charge is -2.08. The number of hydrogen-bond acceptors (Lipinski definition) is 3. The van der Waals surface area contributed by atoms with Crippen LogP contribution >= 0.6 is 0 Å². The standard InChI is InChI=1S/C12H14FNO3/c1-9(15)14-12(7-17-8-16-2)10-3-5-11(13)6-4-10/h3-7H,8H2,1-2H3,(H,14,15)/b12-7-. The topological polar surface area (TPSA) is 47.6 Å². The minimum absolute atomic E-state index is 0.0737. The summed E-state index contributed by atoms with van der Waals surface area (Å²) in [7, 11) is 1.49. The number of amides is 1. The molecule has 1 rings (SSSR count). The molecule has 0 fully saturated rings. The van der Waals surface area contributed by atoms with E-state index in [-0.39, 0.29) is 18.5 Å². The third-order valence-corrected chi connectivity index (χ3v) is 1.85. The number of benzene rings is 1. The van der Waals surface area contributed by atoms with Gasteiger partial charge in [-0.2, -0.15) is 0 Å². The number of methoxy groups -OCH3 is 1. The average molecular weight is 239 g/mol. The van der Waals surface area contributed by atoms with Crippen molar-refractivity contribution in [2.45, 2.75) is 6.92 Å². The van der Waals surface area contributed by atoms with Crippen LogP contribution in [0.3, 0.4) is 0 Å². The van der Waals surface area contributed by atoms with Gasteiger partial charge in [-0.05, 0) is 24.3 Å². The second-order valence-corrected chi connectivity index (χ2v) is 3.29. The second kappa shape index (κ2) is 6.65. The smallest absolute Gasteiger partial charge is 0.221 e. The minimum Gasteiger partial charge on any atom is -0.473 e. The van der Waals surface area contributed by atoms with Crippen molar-refractivity contribution < 1.29 is 18.7 Å². The zero-order chi connectivity index (χ0) is 12.7. The molecular weight excluding hydrogens is 225 g/mol. The molecule has 0 bridgehead atoms. The Balaban J connectivity index is 2.85. The summed E-state index contributed by atoms with van der Waals surface area (Å²) in [4.78, 5) is 11.0. The molecule has 1 aromatic carbocycles. The number of carbonyl (C=O) groups excluding carboxylic acids is 1. The quantitative estimate of drug-likeness (QED) is 0.485. The van der Waals surface area contributed by atoms with Crippen molar-refractivity contribution in [2.75, 3.05) is 13.9 Å². The van der Waals surface area contributed by atoms with Crippen LogP contribution in [-0.4, -0.2) is 19.8 Å². The van der Waals surface area contributed by atoms with Crippen LogP contribution in [0.4, 0.5) is 4.39 Å². The van der Waals surface area contributed by atoms with Gasteiger partial charge in [0, 0.05) is 19.6 Å². The first-order chi connectivity index (χ1) is 8.13. The summed E-state index contributed by atoms with van der Waals surface area (Å²) in [6.07, 6.45) is 1.36. The third-order valence-electron chi connectivity index (χ3n) is 1.85. The van der Waals surface area contributed by atoms with Crippen molar-refractivity contribution in [3.8, 4) is 0 Å². The summed E-state index contributed by atoms with van der Waals surface area (Å²) in [6.45, 7) is 1.46. The van der Waals surface area contributed by atoms with Crippen LogP contribution in [0.2, 0.25) is 0 Å². The molecule has 1 amide bonds. The summed E-state index contributed by atoms with van der Waals surface area (Å²) < 4.78 is 22.5. The van der Waals surface area contributed by atoms with Crippen LogP contribution < -0.4 is 5.32 Å². The Hall–Kier alpha value is -1.88. The maximum atomic E-state index is 12.8. The molecule has 17 heavy (non-hydrogen) atoms. The maximum Gasteiger partial charge on any atom is 0.221 e. The number of ether oxygens (including phenoxy) is 2. The summed E-state index contributed by atoms with van der Waals surface area (Å²) in [5, 5.41) is 2.59. The Kier molecular flexibility index (Phi) is 5.16. The molecule has 0 saturated carbocycles. The van der Waals surface area contributed by atoms with Crippen LogP contribution in [0, 0.1) is 5.82 Å². The third kappa shape index (κ3) is 4.65. The molecular formula is C12H14FNO3. The van der Waals surface area contributed by atoms with Crippen LogP contribution in [0.5, 0.6) is 0 Å². The lowest BCUT2D eigenvalue weighted by atomic mass is 10.1. The van der Waals surface area contributed by atoms with Gasteiger partial charge < -0.3 is 14.8 Å². The minimum atomic E-state index is -0.339. The van der Waals surface area contributed by atoms with Crippen molar-refractivity contribution in [1.82, 2.24) is 5.32 Å². The van der Waals surface area contributed by atoms with Gasteiger partial charge in [0.05, 0.1) is 5.70 Å². The van der Waals surface area contributed by atoms with Crippen LogP contribution in [0.15, 0.2) is 30.5 Å². The van der Waals surface area contributed by atoms with Gasteiger partial charge in [0.15, 0.2) is 6.79 Å². The summed E-state index contributed by atoms with van der Waals surface area (Å²) in [6, 6.07) is 5.71. The van der Waals surface area contributed by atoms with Crippen molar-refractivity contribution in [1.29, 1.82) is 0 Å². The van der Waals surface area contributed by atoms with Gasteiger partial charge in [0.2, 0.25) is 5.91 Å². The molecule has 0 aromatic heterocycles. The molecule has 0 spiro atoms. The number of hydrogen-bond donors (Lipinski definition) is 1. The van der Waals surface area contributed by atoms with Gasteiger partial charge in [0.25, 0.3) is 0 Å². The Labute approximate surface area is 99.0 Å². The predicted molar refractivity (Wildman–Crippen MR) is 61.2 cm³/mol. The van der Waals surface area contributed by atoms with Gasteiger partial charge in [-0.3, -0.25) is 4.79 Å². The first kappa shape index (κ1) is 13.2. The second-order valence-electron chi connectivity index (χ2n) is 3.29. The van der Waals surface area contributed by atoms with Crippen molar-refractivity contribution >= 4 is 11.6 Å². The van der Waals surface area contributed by atoms with Crippen molar-refractivity contribution in [3.05, 3.63) is 41.9 Å². The molecule has 0 radical (unpaired) electrons. The van der Waals surface area contributed by atoms with E-state index < -0.39 is 0 Å². The van der Waals surface area contributed by atoms with E-state index in [1.807, 2.05) is 0 Å². The Morgan fingerprint density at radius 2 is 2.06 bits per heavy atom. The van der Waals surface area contributed by atoms with E-state index in [4.69, 9.17) is 9.47 Å². The Morgan fingerprint density at radius 1 is 1.41 bits per heavy atom. The SMILES string of the molecule is COCO/C=C(\NC(C)=O)c1ccc(F)cc1. The Morgan fingerprint density at radius 3 is 2.59 bits per heavy atom. The van der Waals surface area contributed by atoms with Gasteiger partial charge in [0.1, 0.15) is 12.1 Å². The molecule has 0 heterocycles. The fraction of sp³-hybridized carbons (Fsp3) is 0.250. The molecule has 0 aliphatic rings. The number of nitrogens with one attached hydrogen (secondary N) is 1. The lowest BCUT2D eigenvalue weighted by molar-refractivity contribution is -0.117. The van der Waals surface area contributed by atoms with E-state index in [1.165, 1.54) is 32.4 Å². The molecule has 92 valence electrons. The first-order valence-electron chi connectivity index (χ1n) is 4.97. The normalized spacial score (nSPS) is 11.1. The zero-order valence-corrected chi connectivity index (χ0v) is 9.70. The molecule has 0 aliphatic heterocycles. The molecule has 0 aliphatic carbocycles. The molecule has 0 unspecified atom stereocenters. The summed E-state index contributed by atoms with van der Waals surface area (Å²) >= 11 is 0. The van der Waals surface area contributed by atoms with Crippen LogP contribution in [0.1, 0.15) is 12.5 Å². The van der Waals surface area contributed by atoms with E-state index in [0.717, 1.165) is 0 Å². The molecule has 0 atom stereocenters. The zero-order valence-electron chi connectivity index (χ0n) is 9.70. The largest absolute Gasteiger partial charge is 0.473 e. The van der Waals surface area contributed by atoms with E-state index in [9.17, 15) is 9.18 Å². The van der Waals surface area contributed by atoms with Crippen LogP contribution in [-0.2, 0) is 14.3 Å². The molecule has 0 saturated heterocycles. The first-order valence-corrected chi connectivity index (χ1v) is 4.97. The molecule has 4 nitrogen and oxygen atoms in total. The number of carbonyl (C=O) groups is 1. The summed E-state index contributed by atoms with van der Waals surface area (Å²) in [5.41, 5.74) is 1.10. The average Bonchev–Trinajstić information content (AvgIpc) is 2.28. The number of rotatable bonds is 5. The van der Waals surface area contributed by atoms with Gasteiger partial charge in [-0.1, -0.05) is 0 Å². The highest BCUT2D eigenvalue weighted by Crippen LogP contribution is 2.12. The highest BCUT2D eigenvalue weighted by molar-refractivity contribution is 5.84. The fourth-order valence-electron chi connectivity index (χ4n) is 1.17. The summed E-state index contributed by atoms with van der Waals surface area (Å²) in [5.74, 6) is -0.574. The van der Waals surface area contributed by atoms with Gasteiger partial charge in [-0.15, -0.1) is 0 Å². The number of halogens is 1. The maximum absolute atomic E-state index is 12.8. The van der Waals surface area contributed by atoms with E-state index in [1.54, 1.807) is 12.1 Å². The predicted octanol–water partition coefficient (Wildman–Crippen LogP) is 1.88. The van der Waals surface area contributed by atoms with E-state index in [0.29, 0.717) is 11.3 Å². The van der Waals surface area contributed by atoms with E-state index >= 15 is 0 Å². The van der Waals surface area contributed by atoms with Crippen LogP contribution in [0.25, 0.3) is 5.70 Å². The van der Waals surface area contributed by atoms with E-state index in [2.05, 4.69) is 5.32 Å². The molecule has 1 aromatic rings.